The van der Waals surface area contributed by atoms with E-state index in [0.717, 1.165) is 0 Å². The number of alkyl halides is 3. The van der Waals surface area contributed by atoms with E-state index in [1.54, 1.807) is 0 Å². The molecule has 0 rings (SSSR count). The molecule has 0 aliphatic heterocycles. The fourth-order valence-electron chi connectivity index (χ4n) is 0.218. The van der Waals surface area contributed by atoms with E-state index < -0.39 is 25.2 Å². The number of allylic oxidation sites excluding steroid dienone is 1. The van der Waals surface area contributed by atoms with E-state index in [1.807, 2.05) is 0 Å². The zero-order chi connectivity index (χ0) is 8.41. The molecule has 11 heavy (non-hydrogen) atoms. The fraction of sp³-hybridized carbons (Fsp3) is 0.333. The normalized spacial score (nSPS) is 13.3. The Labute approximate surface area is 102 Å². The van der Waals surface area contributed by atoms with Crippen molar-refractivity contribution in [1.82, 2.24) is 0 Å². The third-order valence-electron chi connectivity index (χ3n) is 0.503. The summed E-state index contributed by atoms with van der Waals surface area (Å²) in [6.45, 7) is -5.47. The van der Waals surface area contributed by atoms with Gasteiger partial charge in [-0.25, -0.2) is 0 Å². The SMILES string of the molecule is F[B-](F)(F)/C=C/C(F)(F)F.[K+]. The summed E-state index contributed by atoms with van der Waals surface area (Å²) in [5.41, 5.74) is 0. The Bertz CT molecular complexity index is 118. The van der Waals surface area contributed by atoms with E-state index in [-0.39, 0.29) is 51.4 Å². The summed E-state index contributed by atoms with van der Waals surface area (Å²) in [7, 11) is 0. The molecule has 0 N–H and O–H groups in total. The summed E-state index contributed by atoms with van der Waals surface area (Å²) < 4.78 is 66.2. The molecule has 0 atom stereocenters. The van der Waals surface area contributed by atoms with Crippen LogP contribution in [0, 0.1) is 0 Å². The first-order chi connectivity index (χ1) is 4.21. The number of rotatable bonds is 1. The van der Waals surface area contributed by atoms with Gasteiger partial charge in [-0.3, -0.25) is 0 Å². The predicted molar refractivity (Wildman–Crippen MR) is 24.3 cm³/mol. The van der Waals surface area contributed by atoms with E-state index in [1.165, 1.54) is 0 Å². The molecule has 0 radical (unpaired) electrons. The molecule has 0 saturated heterocycles. The van der Waals surface area contributed by atoms with Gasteiger partial charge in [0.1, 0.15) is 0 Å². The maximum absolute atomic E-state index is 11.1. The maximum Gasteiger partial charge on any atom is 1.00 e. The van der Waals surface area contributed by atoms with Gasteiger partial charge in [0.15, 0.2) is 0 Å². The molecule has 0 aliphatic carbocycles. The van der Waals surface area contributed by atoms with Crippen LogP contribution in [-0.4, -0.2) is 13.2 Å². The van der Waals surface area contributed by atoms with Gasteiger partial charge in [0.2, 0.25) is 0 Å². The van der Waals surface area contributed by atoms with E-state index in [4.69, 9.17) is 0 Å². The van der Waals surface area contributed by atoms with Crippen molar-refractivity contribution in [3.8, 4) is 0 Å². The molecular formula is C3H2BF6K. The van der Waals surface area contributed by atoms with Crippen molar-refractivity contribution in [1.29, 1.82) is 0 Å². The van der Waals surface area contributed by atoms with Crippen molar-refractivity contribution in [3.05, 3.63) is 12.1 Å². The zero-order valence-corrected chi connectivity index (χ0v) is 8.62. The smallest absolute Gasteiger partial charge is 0.445 e. The standard InChI is InChI=1S/C3H2BF6.K/c5-3(6,7)1-2-4(8,9)10;/h1-2H;/q-1;+1/b2-1+;. The summed E-state index contributed by atoms with van der Waals surface area (Å²) in [5.74, 6) is -0.792. The predicted octanol–water partition coefficient (Wildman–Crippen LogP) is -0.505. The molecule has 0 saturated carbocycles. The van der Waals surface area contributed by atoms with Crippen LogP contribution in [-0.2, 0) is 0 Å². The van der Waals surface area contributed by atoms with Crippen LogP contribution in [0.15, 0.2) is 12.1 Å². The number of hydrogen-bond donors (Lipinski definition) is 0. The Morgan fingerprint density at radius 3 is 1.45 bits per heavy atom. The number of halogens is 6. The van der Waals surface area contributed by atoms with E-state index in [2.05, 4.69) is 0 Å². The van der Waals surface area contributed by atoms with Gasteiger partial charge in [0.25, 0.3) is 0 Å². The van der Waals surface area contributed by atoms with Crippen molar-refractivity contribution < 1.29 is 77.5 Å². The van der Waals surface area contributed by atoms with Crippen LogP contribution in [0.3, 0.4) is 0 Å². The minimum absolute atomic E-state index is 0. The second-order valence-corrected chi connectivity index (χ2v) is 1.53. The fourth-order valence-corrected chi connectivity index (χ4v) is 0.218. The van der Waals surface area contributed by atoms with Crippen LogP contribution in [0.1, 0.15) is 0 Å². The first-order valence-corrected chi connectivity index (χ1v) is 2.18. The molecule has 0 amide bonds. The van der Waals surface area contributed by atoms with Gasteiger partial charge in [-0.15, -0.1) is 5.98 Å². The van der Waals surface area contributed by atoms with Crippen LogP contribution in [0.4, 0.5) is 26.1 Å². The van der Waals surface area contributed by atoms with Crippen LogP contribution in [0.5, 0.6) is 0 Å². The van der Waals surface area contributed by atoms with Gasteiger partial charge < -0.3 is 12.9 Å². The molecule has 0 bridgehead atoms. The Morgan fingerprint density at radius 2 is 1.36 bits per heavy atom. The molecule has 8 heteroatoms. The molecule has 0 nitrogen and oxygen atoms in total. The molecule has 0 aliphatic rings. The first kappa shape index (κ1) is 14.5. The molecular weight excluding hydrogens is 200 g/mol. The largest absolute Gasteiger partial charge is 1.00 e. The average molecular weight is 202 g/mol. The van der Waals surface area contributed by atoms with Crippen molar-refractivity contribution in [2.45, 2.75) is 6.18 Å². The topological polar surface area (TPSA) is 0 Å². The van der Waals surface area contributed by atoms with Crippen molar-refractivity contribution in [2.75, 3.05) is 0 Å². The summed E-state index contributed by atoms with van der Waals surface area (Å²) in [6, 6.07) is 0. The third kappa shape index (κ3) is 13.9. The molecule has 60 valence electrons. The quantitative estimate of drug-likeness (QED) is 0.397. The van der Waals surface area contributed by atoms with Crippen LogP contribution >= 0.6 is 0 Å². The molecule has 0 fully saturated rings. The molecule has 0 aromatic heterocycles. The van der Waals surface area contributed by atoms with Gasteiger partial charge in [-0.05, 0) is 6.08 Å². The second-order valence-electron chi connectivity index (χ2n) is 1.53. The molecule has 0 spiro atoms. The van der Waals surface area contributed by atoms with Crippen molar-refractivity contribution in [3.63, 3.8) is 0 Å². The monoisotopic (exact) mass is 202 g/mol. The maximum atomic E-state index is 11.1. The molecule has 0 unspecified atom stereocenters. The zero-order valence-electron chi connectivity index (χ0n) is 5.50. The van der Waals surface area contributed by atoms with Gasteiger partial charge in [0, 0.05) is 0 Å². The van der Waals surface area contributed by atoms with Gasteiger partial charge in [-0.1, -0.05) is 0 Å². The Hall–Kier alpha value is 1.02. The van der Waals surface area contributed by atoms with E-state index in [0.29, 0.717) is 0 Å². The number of hydrogen-bond acceptors (Lipinski definition) is 0. The average Bonchev–Trinajstić information content (AvgIpc) is 1.57. The molecule has 0 aromatic rings. The first-order valence-electron chi connectivity index (χ1n) is 2.18. The minimum Gasteiger partial charge on any atom is -0.445 e. The van der Waals surface area contributed by atoms with Crippen LogP contribution < -0.4 is 51.4 Å². The van der Waals surface area contributed by atoms with E-state index >= 15 is 0 Å². The van der Waals surface area contributed by atoms with Gasteiger partial charge in [0.05, 0.1) is 0 Å². The Kier molecular flexibility index (Phi) is 6.48. The summed E-state index contributed by atoms with van der Waals surface area (Å²) in [4.78, 5) is 0. The minimum atomic E-state index is -5.47. The molecule has 0 aromatic carbocycles. The van der Waals surface area contributed by atoms with E-state index in [9.17, 15) is 26.1 Å². The Balaban J connectivity index is 0. The second kappa shape index (κ2) is 4.91. The van der Waals surface area contributed by atoms with Crippen LogP contribution in [0.25, 0.3) is 0 Å². The van der Waals surface area contributed by atoms with Crippen LogP contribution in [0.2, 0.25) is 0 Å². The summed E-state index contributed by atoms with van der Waals surface area (Å²) in [6.07, 6.45) is -5.70. The molecule has 0 heterocycles. The third-order valence-corrected chi connectivity index (χ3v) is 0.503. The summed E-state index contributed by atoms with van der Waals surface area (Å²) >= 11 is 0. The van der Waals surface area contributed by atoms with Crippen molar-refractivity contribution in [2.24, 2.45) is 0 Å². The van der Waals surface area contributed by atoms with Gasteiger partial charge >= 0.3 is 64.5 Å². The Morgan fingerprint density at radius 1 is 1.00 bits per heavy atom. The summed E-state index contributed by atoms with van der Waals surface area (Å²) in [5, 5.41) is 0. The van der Waals surface area contributed by atoms with Gasteiger partial charge in [-0.2, -0.15) is 13.2 Å². The van der Waals surface area contributed by atoms with Crippen molar-refractivity contribution >= 4 is 6.98 Å².